The molecule has 1 fully saturated rings. The van der Waals surface area contributed by atoms with Gasteiger partial charge >= 0.3 is 18.1 Å². The topological polar surface area (TPSA) is 109 Å². The highest BCUT2D eigenvalue weighted by Crippen LogP contribution is 2.32. The van der Waals surface area contributed by atoms with Crippen LogP contribution in [0.2, 0.25) is 0 Å². The van der Waals surface area contributed by atoms with Gasteiger partial charge in [-0.25, -0.2) is 14.4 Å². The molecule has 33 heavy (non-hydrogen) atoms. The predicted octanol–water partition coefficient (Wildman–Crippen LogP) is 2.82. The maximum absolute atomic E-state index is 12.5. The molecule has 2 aliphatic rings. The van der Waals surface area contributed by atoms with E-state index in [1.54, 1.807) is 17.0 Å². The van der Waals surface area contributed by atoms with E-state index in [2.05, 4.69) is 15.5 Å². The van der Waals surface area contributed by atoms with E-state index in [1.165, 1.54) is 7.11 Å². The molecule has 3 amide bonds. The van der Waals surface area contributed by atoms with Crippen LogP contribution < -0.4 is 15.4 Å². The second-order valence-electron chi connectivity index (χ2n) is 9.17. The fraction of sp³-hybridized carbons (Fsp3) is 0.609. The molecule has 1 atom stereocenters. The number of fused-ring (bicyclic) bond motifs is 2. The highest BCUT2D eigenvalue weighted by molar-refractivity contribution is 6.01. The van der Waals surface area contributed by atoms with Crippen molar-refractivity contribution in [3.63, 3.8) is 0 Å². The number of benzene rings is 1. The molecule has 0 radical (unpaired) electrons. The lowest BCUT2D eigenvalue weighted by molar-refractivity contribution is -0.00193. The third kappa shape index (κ3) is 6.28. The van der Waals surface area contributed by atoms with E-state index in [4.69, 9.17) is 14.2 Å². The number of piperazine rings is 1. The van der Waals surface area contributed by atoms with Gasteiger partial charge in [0.15, 0.2) is 0 Å². The number of methoxy groups -OCH3 is 1. The summed E-state index contributed by atoms with van der Waals surface area (Å²) in [6.07, 6.45) is 0.423. The van der Waals surface area contributed by atoms with Gasteiger partial charge in [-0.1, -0.05) is 0 Å². The number of nitrogens with zero attached hydrogens (tertiary/aromatic N) is 2. The molecule has 1 aromatic carbocycles. The van der Waals surface area contributed by atoms with Crippen LogP contribution in [0.1, 0.15) is 50.0 Å². The minimum Gasteiger partial charge on any atom is -0.493 e. The normalized spacial score (nSPS) is 18.6. The summed E-state index contributed by atoms with van der Waals surface area (Å²) in [6.45, 7) is 10.6. The Hall–Kier alpha value is -3.01. The van der Waals surface area contributed by atoms with Crippen molar-refractivity contribution in [2.24, 2.45) is 0 Å². The van der Waals surface area contributed by atoms with Crippen LogP contribution in [0.25, 0.3) is 0 Å². The van der Waals surface area contributed by atoms with Gasteiger partial charge in [0.2, 0.25) is 0 Å². The van der Waals surface area contributed by atoms with Gasteiger partial charge in [-0.05, 0) is 46.2 Å². The van der Waals surface area contributed by atoms with E-state index in [0.717, 1.165) is 12.0 Å². The number of ether oxygens (including phenoxy) is 3. The fourth-order valence-electron chi connectivity index (χ4n) is 3.98. The molecule has 0 unspecified atom stereocenters. The molecule has 182 valence electrons. The number of amides is 3. The molecule has 2 aliphatic heterocycles. The van der Waals surface area contributed by atoms with E-state index < -0.39 is 17.6 Å². The molecule has 2 heterocycles. The van der Waals surface area contributed by atoms with Crippen LogP contribution in [-0.2, 0) is 16.0 Å². The van der Waals surface area contributed by atoms with Crippen LogP contribution in [0, 0.1) is 0 Å². The van der Waals surface area contributed by atoms with Crippen LogP contribution in [-0.4, -0.2) is 79.4 Å². The Morgan fingerprint density at radius 1 is 1.21 bits per heavy atom. The molecular formula is C23H34N4O6. The Morgan fingerprint density at radius 3 is 2.64 bits per heavy atom. The largest absolute Gasteiger partial charge is 0.493 e. The molecule has 0 aromatic heterocycles. The van der Waals surface area contributed by atoms with Crippen LogP contribution in [0.15, 0.2) is 12.1 Å². The number of nitrogens with one attached hydrogen (secondary N) is 2. The number of carbonyl (C=O) groups excluding carboxylic acids is 3. The highest BCUT2D eigenvalue weighted by atomic mass is 16.6. The Labute approximate surface area is 194 Å². The van der Waals surface area contributed by atoms with Crippen molar-refractivity contribution >= 4 is 23.8 Å². The first-order chi connectivity index (χ1) is 15.6. The summed E-state index contributed by atoms with van der Waals surface area (Å²) in [5, 5.41) is 5.40. The summed E-state index contributed by atoms with van der Waals surface area (Å²) >= 11 is 0. The van der Waals surface area contributed by atoms with Gasteiger partial charge in [0, 0.05) is 44.3 Å². The molecule has 3 rings (SSSR count). The van der Waals surface area contributed by atoms with E-state index in [1.807, 2.05) is 27.7 Å². The van der Waals surface area contributed by atoms with E-state index >= 15 is 0 Å². The molecule has 2 N–H and O–H groups in total. The summed E-state index contributed by atoms with van der Waals surface area (Å²) in [6, 6.07) is 3.09. The zero-order valence-corrected chi connectivity index (χ0v) is 20.0. The number of urea groups is 1. The van der Waals surface area contributed by atoms with E-state index in [9.17, 15) is 14.4 Å². The minimum absolute atomic E-state index is 0.111. The Kier molecular flexibility index (Phi) is 7.68. The lowest BCUT2D eigenvalue weighted by atomic mass is 10.0. The summed E-state index contributed by atoms with van der Waals surface area (Å²) in [5.41, 5.74) is 0.904. The average molecular weight is 463 g/mol. The summed E-state index contributed by atoms with van der Waals surface area (Å²) in [5.74, 6) is 0.0315. The van der Waals surface area contributed by atoms with Crippen molar-refractivity contribution in [1.29, 1.82) is 0 Å². The highest BCUT2D eigenvalue weighted by Gasteiger charge is 2.33. The van der Waals surface area contributed by atoms with E-state index in [-0.39, 0.29) is 17.7 Å². The molecule has 1 saturated heterocycles. The number of rotatable bonds is 3. The molecule has 1 aromatic rings. The van der Waals surface area contributed by atoms with Gasteiger partial charge in [0.1, 0.15) is 11.4 Å². The standard InChI is InChI=1S/C23H34N4O6/c1-6-24-21(29)25-18-11-15-13-26-8-9-27(22(30)33-23(2,3)4)14-16(26)7-10-32-19(15)12-17(18)20(28)31-5/h11-12,16H,6-10,13-14H2,1-5H3,(H2,24,25,29)/t16-/m1/s1. The van der Waals surface area contributed by atoms with Crippen molar-refractivity contribution in [2.75, 3.05) is 45.2 Å². The van der Waals surface area contributed by atoms with Crippen molar-refractivity contribution < 1.29 is 28.6 Å². The first-order valence-corrected chi connectivity index (χ1v) is 11.3. The number of hydrogen-bond acceptors (Lipinski definition) is 7. The maximum Gasteiger partial charge on any atom is 0.410 e. The zero-order valence-electron chi connectivity index (χ0n) is 20.0. The number of hydrogen-bond donors (Lipinski definition) is 2. The quantitative estimate of drug-likeness (QED) is 0.665. The van der Waals surface area contributed by atoms with Crippen molar-refractivity contribution in [2.45, 2.75) is 52.3 Å². The van der Waals surface area contributed by atoms with Gasteiger partial charge in [-0.3, -0.25) is 4.90 Å². The van der Waals surface area contributed by atoms with Crippen LogP contribution >= 0.6 is 0 Å². The van der Waals surface area contributed by atoms with Crippen LogP contribution in [0.5, 0.6) is 5.75 Å². The third-order valence-corrected chi connectivity index (χ3v) is 5.53. The molecule has 10 heteroatoms. The first-order valence-electron chi connectivity index (χ1n) is 11.3. The monoisotopic (exact) mass is 462 g/mol. The van der Waals surface area contributed by atoms with Gasteiger partial charge in [-0.2, -0.15) is 0 Å². The molecule has 0 aliphatic carbocycles. The molecular weight excluding hydrogens is 428 g/mol. The zero-order chi connectivity index (χ0) is 24.2. The smallest absolute Gasteiger partial charge is 0.410 e. The van der Waals surface area contributed by atoms with Gasteiger partial charge in [0.05, 0.1) is 25.0 Å². The van der Waals surface area contributed by atoms with Crippen molar-refractivity contribution in [1.82, 2.24) is 15.1 Å². The van der Waals surface area contributed by atoms with Crippen molar-refractivity contribution in [3.05, 3.63) is 23.3 Å². The average Bonchev–Trinajstić information content (AvgIpc) is 2.72. The summed E-state index contributed by atoms with van der Waals surface area (Å²) in [4.78, 5) is 41.0. The fourth-order valence-corrected chi connectivity index (χ4v) is 3.98. The second-order valence-corrected chi connectivity index (χ2v) is 9.17. The predicted molar refractivity (Wildman–Crippen MR) is 123 cm³/mol. The lowest BCUT2D eigenvalue weighted by Gasteiger charge is -2.42. The third-order valence-electron chi connectivity index (χ3n) is 5.53. The van der Waals surface area contributed by atoms with Crippen LogP contribution in [0.4, 0.5) is 15.3 Å². The number of carbonyl (C=O) groups is 3. The van der Waals surface area contributed by atoms with Gasteiger partial charge < -0.3 is 29.7 Å². The molecule has 10 nitrogen and oxygen atoms in total. The Balaban J connectivity index is 1.81. The molecule has 0 bridgehead atoms. The SMILES string of the molecule is CCNC(=O)Nc1cc2c(cc1C(=O)OC)OCC[C@@H]1CN(C(=O)OC(C)(C)C)CCN1C2. The van der Waals surface area contributed by atoms with Gasteiger partial charge in [0.25, 0.3) is 0 Å². The second kappa shape index (κ2) is 10.3. The molecule has 0 spiro atoms. The Bertz CT molecular complexity index is 898. The van der Waals surface area contributed by atoms with Gasteiger partial charge in [-0.15, -0.1) is 0 Å². The van der Waals surface area contributed by atoms with E-state index in [0.29, 0.717) is 50.8 Å². The lowest BCUT2D eigenvalue weighted by Crippen LogP contribution is -2.55. The Morgan fingerprint density at radius 2 is 1.97 bits per heavy atom. The van der Waals surface area contributed by atoms with Crippen molar-refractivity contribution in [3.8, 4) is 5.75 Å². The minimum atomic E-state index is -0.556. The number of anilines is 1. The number of esters is 1. The summed E-state index contributed by atoms with van der Waals surface area (Å²) in [7, 11) is 1.30. The maximum atomic E-state index is 12.5. The first kappa shape index (κ1) is 24.6. The molecule has 0 saturated carbocycles. The summed E-state index contributed by atoms with van der Waals surface area (Å²) < 4.78 is 16.4. The van der Waals surface area contributed by atoms with Crippen LogP contribution in [0.3, 0.4) is 0 Å².